The summed E-state index contributed by atoms with van der Waals surface area (Å²) in [5, 5.41) is 12.2. The molecule has 0 aliphatic rings. The number of pyridine rings is 2. The second kappa shape index (κ2) is 8.01. The Morgan fingerprint density at radius 1 is 1.24 bits per heavy atom. The molecule has 0 aliphatic carbocycles. The van der Waals surface area contributed by atoms with Crippen molar-refractivity contribution in [3.05, 3.63) is 63.4 Å². The zero-order chi connectivity index (χ0) is 21.1. The number of ether oxygens (including phenoxy) is 1. The monoisotopic (exact) mass is 396 g/mol. The smallest absolute Gasteiger partial charge is 0.323 e. The van der Waals surface area contributed by atoms with E-state index in [0.29, 0.717) is 5.39 Å². The Morgan fingerprint density at radius 3 is 2.55 bits per heavy atom. The fourth-order valence-electron chi connectivity index (χ4n) is 2.92. The fourth-order valence-corrected chi connectivity index (χ4v) is 2.92. The number of aliphatic carboxylic acids is 1. The Hall–Kier alpha value is -3.88. The number of aromatic nitrogens is 2. The van der Waals surface area contributed by atoms with Gasteiger partial charge >= 0.3 is 5.97 Å². The van der Waals surface area contributed by atoms with Crippen molar-refractivity contribution in [2.45, 2.75) is 20.0 Å². The summed E-state index contributed by atoms with van der Waals surface area (Å²) >= 11 is 0. The van der Waals surface area contributed by atoms with E-state index < -0.39 is 24.0 Å². The zero-order valence-corrected chi connectivity index (χ0v) is 15.9. The van der Waals surface area contributed by atoms with Crippen molar-refractivity contribution in [2.75, 3.05) is 12.8 Å². The van der Waals surface area contributed by atoms with Crippen molar-refractivity contribution in [1.29, 1.82) is 0 Å². The molecule has 29 heavy (non-hydrogen) atoms. The van der Waals surface area contributed by atoms with Crippen LogP contribution >= 0.6 is 0 Å². The van der Waals surface area contributed by atoms with Gasteiger partial charge in [0.2, 0.25) is 0 Å². The molecule has 9 nitrogen and oxygen atoms in total. The van der Waals surface area contributed by atoms with E-state index in [4.69, 9.17) is 10.5 Å². The molecule has 0 atom stereocenters. The number of nitrogens with zero attached hydrogens (tertiary/aromatic N) is 2. The van der Waals surface area contributed by atoms with Crippen LogP contribution in [0.1, 0.15) is 21.5 Å². The molecular weight excluding hydrogens is 376 g/mol. The van der Waals surface area contributed by atoms with E-state index >= 15 is 0 Å². The van der Waals surface area contributed by atoms with Crippen molar-refractivity contribution in [1.82, 2.24) is 14.9 Å². The first-order valence-corrected chi connectivity index (χ1v) is 8.73. The Balaban J connectivity index is 2.06. The predicted octanol–water partition coefficient (Wildman–Crippen LogP) is 1.31. The second-order valence-electron chi connectivity index (χ2n) is 6.50. The van der Waals surface area contributed by atoms with E-state index in [1.807, 2.05) is 31.2 Å². The Kier molecular flexibility index (Phi) is 5.49. The van der Waals surface area contributed by atoms with Gasteiger partial charge in [-0.25, -0.2) is 4.98 Å². The maximum atomic E-state index is 12.8. The third-order valence-electron chi connectivity index (χ3n) is 4.37. The van der Waals surface area contributed by atoms with Crippen molar-refractivity contribution >= 4 is 28.7 Å². The SMILES string of the molecule is COc1cc(N)nc2c1cc(C(=O)NCc1ccc(C)cc1)c(=O)n2CC(=O)O. The number of hydrogen-bond acceptors (Lipinski definition) is 6. The predicted molar refractivity (Wildman–Crippen MR) is 107 cm³/mol. The molecule has 2 heterocycles. The molecule has 0 radical (unpaired) electrons. The van der Waals surface area contributed by atoms with E-state index in [1.54, 1.807) is 0 Å². The quantitative estimate of drug-likeness (QED) is 0.571. The molecule has 0 saturated carbocycles. The average molecular weight is 396 g/mol. The molecule has 4 N–H and O–H groups in total. The van der Waals surface area contributed by atoms with Gasteiger partial charge in [-0.2, -0.15) is 0 Å². The largest absolute Gasteiger partial charge is 0.496 e. The van der Waals surface area contributed by atoms with Crippen molar-refractivity contribution in [3.63, 3.8) is 0 Å². The van der Waals surface area contributed by atoms with Gasteiger partial charge in [-0.15, -0.1) is 0 Å². The lowest BCUT2D eigenvalue weighted by atomic mass is 10.1. The molecule has 9 heteroatoms. The minimum Gasteiger partial charge on any atom is -0.496 e. The maximum Gasteiger partial charge on any atom is 0.323 e. The van der Waals surface area contributed by atoms with E-state index in [1.165, 1.54) is 19.2 Å². The normalized spacial score (nSPS) is 10.7. The number of aryl methyl sites for hydroxylation is 1. The number of rotatable bonds is 6. The minimum absolute atomic E-state index is 0.0318. The standard InChI is InChI=1S/C20H20N4O5/c1-11-3-5-12(6-4-11)9-22-19(27)14-7-13-15(29-2)8-16(21)23-18(13)24(20(14)28)10-17(25)26/h3-8H,9-10H2,1-2H3,(H2,21,23)(H,22,27)(H,25,26). The topological polar surface area (TPSA) is 137 Å². The summed E-state index contributed by atoms with van der Waals surface area (Å²) in [6, 6.07) is 10.3. The highest BCUT2D eigenvalue weighted by Crippen LogP contribution is 2.26. The highest BCUT2D eigenvalue weighted by molar-refractivity contribution is 5.98. The van der Waals surface area contributed by atoms with Crippen molar-refractivity contribution in [3.8, 4) is 5.75 Å². The molecule has 3 rings (SSSR count). The van der Waals surface area contributed by atoms with E-state index in [0.717, 1.165) is 15.7 Å². The van der Waals surface area contributed by atoms with Gasteiger partial charge in [0.1, 0.15) is 29.3 Å². The summed E-state index contributed by atoms with van der Waals surface area (Å²) in [6.07, 6.45) is 0. The number of hydrogen-bond donors (Lipinski definition) is 3. The molecule has 0 bridgehead atoms. The number of amides is 1. The van der Waals surface area contributed by atoms with Gasteiger partial charge in [0, 0.05) is 12.6 Å². The zero-order valence-electron chi connectivity index (χ0n) is 15.9. The highest BCUT2D eigenvalue weighted by atomic mass is 16.5. The third kappa shape index (κ3) is 4.18. The number of nitrogen functional groups attached to an aromatic ring is 1. The van der Waals surface area contributed by atoms with Gasteiger partial charge in [0.05, 0.1) is 12.5 Å². The van der Waals surface area contributed by atoms with Crippen LogP contribution in [0.3, 0.4) is 0 Å². The molecule has 2 aromatic heterocycles. The first-order chi connectivity index (χ1) is 13.8. The average Bonchev–Trinajstić information content (AvgIpc) is 2.68. The van der Waals surface area contributed by atoms with Crippen LogP contribution in [0, 0.1) is 6.92 Å². The van der Waals surface area contributed by atoms with Gasteiger partial charge in [-0.05, 0) is 18.6 Å². The molecule has 0 aliphatic heterocycles. The summed E-state index contributed by atoms with van der Waals surface area (Å²) < 4.78 is 6.17. The number of nitrogens with one attached hydrogen (secondary N) is 1. The molecule has 1 aromatic carbocycles. The van der Waals surface area contributed by atoms with Crippen molar-refractivity contribution < 1.29 is 19.4 Å². The number of methoxy groups -OCH3 is 1. The molecule has 0 unspecified atom stereocenters. The first kappa shape index (κ1) is 19.9. The first-order valence-electron chi connectivity index (χ1n) is 8.73. The molecule has 150 valence electrons. The van der Waals surface area contributed by atoms with Gasteiger partial charge < -0.3 is 20.9 Å². The molecular formula is C20H20N4O5. The molecule has 0 fully saturated rings. The summed E-state index contributed by atoms with van der Waals surface area (Å²) in [4.78, 5) is 40.9. The summed E-state index contributed by atoms with van der Waals surface area (Å²) in [5.41, 5.74) is 6.73. The number of carboxylic acid groups (broad SMARTS) is 1. The second-order valence-corrected chi connectivity index (χ2v) is 6.50. The van der Waals surface area contributed by atoms with Gasteiger partial charge in [-0.3, -0.25) is 19.0 Å². The lowest BCUT2D eigenvalue weighted by Crippen LogP contribution is -2.34. The van der Waals surface area contributed by atoms with Crippen LogP contribution in [0.4, 0.5) is 5.82 Å². The lowest BCUT2D eigenvalue weighted by Gasteiger charge is -2.13. The molecule has 3 aromatic rings. The van der Waals surface area contributed by atoms with Crippen LogP contribution in [0.15, 0.2) is 41.2 Å². The molecule has 1 amide bonds. The number of benzene rings is 1. The number of carboxylic acids is 1. The summed E-state index contributed by atoms with van der Waals surface area (Å²) in [7, 11) is 1.40. The van der Waals surface area contributed by atoms with Crippen LogP contribution in [0.5, 0.6) is 5.75 Å². The number of nitrogens with two attached hydrogens (primary N) is 1. The number of carbonyl (C=O) groups is 2. The Labute approximate surface area is 165 Å². The van der Waals surface area contributed by atoms with Crippen molar-refractivity contribution in [2.24, 2.45) is 0 Å². The Bertz CT molecular complexity index is 1150. The third-order valence-corrected chi connectivity index (χ3v) is 4.37. The van der Waals surface area contributed by atoms with E-state index in [-0.39, 0.29) is 29.3 Å². The fraction of sp³-hybridized carbons (Fsp3) is 0.200. The number of fused-ring (bicyclic) bond motifs is 1. The Morgan fingerprint density at radius 2 is 1.93 bits per heavy atom. The summed E-state index contributed by atoms with van der Waals surface area (Å²) in [6.45, 7) is 1.50. The highest BCUT2D eigenvalue weighted by Gasteiger charge is 2.20. The molecule has 0 spiro atoms. The van der Waals surface area contributed by atoms with Gasteiger partial charge in [0.15, 0.2) is 0 Å². The number of anilines is 1. The van der Waals surface area contributed by atoms with Crippen LogP contribution < -0.4 is 21.3 Å². The van der Waals surface area contributed by atoms with Gasteiger partial charge in [0.25, 0.3) is 11.5 Å². The maximum absolute atomic E-state index is 12.8. The molecule has 0 saturated heterocycles. The number of carbonyl (C=O) groups excluding carboxylic acids is 1. The summed E-state index contributed by atoms with van der Waals surface area (Å²) in [5.74, 6) is -1.55. The minimum atomic E-state index is -1.26. The van der Waals surface area contributed by atoms with E-state index in [9.17, 15) is 19.5 Å². The van der Waals surface area contributed by atoms with Gasteiger partial charge in [-0.1, -0.05) is 29.8 Å². The lowest BCUT2D eigenvalue weighted by molar-refractivity contribution is -0.137. The van der Waals surface area contributed by atoms with Crippen LogP contribution in [0.25, 0.3) is 11.0 Å². The van der Waals surface area contributed by atoms with Crippen LogP contribution in [0.2, 0.25) is 0 Å². The van der Waals surface area contributed by atoms with Crippen LogP contribution in [-0.4, -0.2) is 33.6 Å². The van der Waals surface area contributed by atoms with E-state index in [2.05, 4.69) is 10.3 Å². The van der Waals surface area contributed by atoms with Crippen LogP contribution in [-0.2, 0) is 17.9 Å².